The summed E-state index contributed by atoms with van der Waals surface area (Å²) in [5.41, 5.74) is -2.91. The molecule has 1 N–H and O–H groups in total. The molecule has 0 atom stereocenters. The van der Waals surface area contributed by atoms with Crippen LogP contribution in [0.4, 0.5) is 22.0 Å². The van der Waals surface area contributed by atoms with E-state index in [1.165, 1.54) is 0 Å². The summed E-state index contributed by atoms with van der Waals surface area (Å²) >= 11 is 5.30. The van der Waals surface area contributed by atoms with Crippen LogP contribution in [-0.2, 0) is 5.88 Å². The van der Waals surface area contributed by atoms with Gasteiger partial charge in [-0.25, -0.2) is 13.6 Å². The molecule has 106 valence electrons. The van der Waals surface area contributed by atoms with E-state index < -0.39 is 47.2 Å². The van der Waals surface area contributed by atoms with Crippen molar-refractivity contribution >= 4 is 17.6 Å². The number of aromatic carboxylic acids is 1. The van der Waals surface area contributed by atoms with Crippen molar-refractivity contribution in [3.63, 3.8) is 0 Å². The van der Waals surface area contributed by atoms with Crippen LogP contribution in [0, 0.1) is 0 Å². The lowest BCUT2D eigenvalue weighted by Crippen LogP contribution is -2.21. The Labute approximate surface area is 107 Å². The van der Waals surface area contributed by atoms with Crippen molar-refractivity contribution in [2.75, 3.05) is 0 Å². The number of ether oxygens (including phenoxy) is 1. The number of carboxylic acid groups (broad SMARTS) is 1. The third-order valence-corrected chi connectivity index (χ3v) is 2.18. The number of pyridine rings is 1. The molecule has 1 rings (SSSR count). The Morgan fingerprint density at radius 2 is 2.05 bits per heavy atom. The van der Waals surface area contributed by atoms with Crippen molar-refractivity contribution < 1.29 is 36.6 Å². The standard InChI is InChI=1S/C9H5ClF5NO3/c10-1-4-5(8(17)18)6(19-9(13,14)15)3(2-16-4)7(11)12/h2,7H,1H2,(H,17,18). The maximum atomic E-state index is 12.6. The minimum absolute atomic E-state index is 0.399. The fourth-order valence-corrected chi connectivity index (χ4v) is 1.45. The molecular formula is C9H5ClF5NO3. The molecule has 1 aromatic rings. The third kappa shape index (κ3) is 3.66. The number of rotatable bonds is 4. The van der Waals surface area contributed by atoms with Gasteiger partial charge in [0.05, 0.1) is 17.1 Å². The Kier molecular flexibility index (Phi) is 4.51. The average Bonchev–Trinajstić information content (AvgIpc) is 2.25. The summed E-state index contributed by atoms with van der Waals surface area (Å²) in [6.45, 7) is 0. The van der Waals surface area contributed by atoms with Crippen LogP contribution in [0.3, 0.4) is 0 Å². The summed E-state index contributed by atoms with van der Waals surface area (Å²) in [6, 6.07) is 0. The van der Waals surface area contributed by atoms with E-state index >= 15 is 0 Å². The molecule has 10 heteroatoms. The Hall–Kier alpha value is -1.64. The van der Waals surface area contributed by atoms with E-state index in [0.717, 1.165) is 0 Å². The van der Waals surface area contributed by atoms with Gasteiger partial charge in [0.2, 0.25) is 0 Å². The molecule has 0 aliphatic carbocycles. The second kappa shape index (κ2) is 5.55. The highest BCUT2D eigenvalue weighted by molar-refractivity contribution is 6.17. The van der Waals surface area contributed by atoms with E-state index in [1.807, 2.05) is 0 Å². The van der Waals surface area contributed by atoms with E-state index in [2.05, 4.69) is 9.72 Å². The van der Waals surface area contributed by atoms with Gasteiger partial charge in [-0.2, -0.15) is 0 Å². The number of nitrogens with zero attached hydrogens (tertiary/aromatic N) is 1. The zero-order valence-corrected chi connectivity index (χ0v) is 9.60. The molecule has 0 radical (unpaired) electrons. The van der Waals surface area contributed by atoms with Gasteiger partial charge in [0.1, 0.15) is 5.56 Å². The van der Waals surface area contributed by atoms with Crippen LogP contribution >= 0.6 is 11.6 Å². The Bertz CT molecular complexity index is 491. The molecule has 0 aliphatic rings. The number of alkyl halides is 6. The van der Waals surface area contributed by atoms with E-state index in [9.17, 15) is 26.7 Å². The Balaban J connectivity index is 3.53. The van der Waals surface area contributed by atoms with Crippen molar-refractivity contribution in [1.29, 1.82) is 0 Å². The monoisotopic (exact) mass is 305 g/mol. The molecule has 19 heavy (non-hydrogen) atoms. The predicted octanol–water partition coefficient (Wildman–Crippen LogP) is 3.35. The molecule has 0 bridgehead atoms. The van der Waals surface area contributed by atoms with Gasteiger partial charge in [0.25, 0.3) is 6.43 Å². The summed E-state index contributed by atoms with van der Waals surface area (Å²) in [5.74, 6) is -3.97. The first-order valence-corrected chi connectivity index (χ1v) is 5.05. The topological polar surface area (TPSA) is 59.4 Å². The molecule has 0 unspecified atom stereocenters. The number of carbonyl (C=O) groups is 1. The van der Waals surface area contributed by atoms with Gasteiger partial charge in [0, 0.05) is 6.20 Å². The summed E-state index contributed by atoms with van der Waals surface area (Å²) in [5, 5.41) is 8.79. The second-order valence-electron chi connectivity index (χ2n) is 3.15. The third-order valence-electron chi connectivity index (χ3n) is 1.93. The van der Waals surface area contributed by atoms with Gasteiger partial charge in [-0.15, -0.1) is 24.8 Å². The minimum atomic E-state index is -5.32. The molecule has 0 fully saturated rings. The first kappa shape index (κ1) is 15.4. The van der Waals surface area contributed by atoms with Gasteiger partial charge in [-0.3, -0.25) is 4.98 Å². The summed E-state index contributed by atoms with van der Waals surface area (Å²) < 4.78 is 65.0. The minimum Gasteiger partial charge on any atom is -0.477 e. The highest BCUT2D eigenvalue weighted by atomic mass is 35.5. The molecule has 4 nitrogen and oxygen atoms in total. The molecular weight excluding hydrogens is 301 g/mol. The molecule has 0 aromatic carbocycles. The average molecular weight is 306 g/mol. The summed E-state index contributed by atoms with van der Waals surface area (Å²) in [7, 11) is 0. The molecule has 0 aliphatic heterocycles. The van der Waals surface area contributed by atoms with Crippen LogP contribution in [0.1, 0.15) is 28.0 Å². The maximum Gasteiger partial charge on any atom is 0.573 e. The van der Waals surface area contributed by atoms with E-state index in [4.69, 9.17) is 16.7 Å². The van der Waals surface area contributed by atoms with Crippen LogP contribution in [0.2, 0.25) is 0 Å². The Morgan fingerprint density at radius 1 is 1.47 bits per heavy atom. The molecule has 1 aromatic heterocycles. The fraction of sp³-hybridized carbons (Fsp3) is 0.333. The summed E-state index contributed by atoms with van der Waals surface area (Å²) in [6.07, 6.45) is -8.30. The number of hydrogen-bond acceptors (Lipinski definition) is 3. The van der Waals surface area contributed by atoms with Crippen LogP contribution in [0.15, 0.2) is 6.20 Å². The van der Waals surface area contributed by atoms with Gasteiger partial charge in [-0.1, -0.05) is 0 Å². The number of hydrogen-bond donors (Lipinski definition) is 1. The van der Waals surface area contributed by atoms with E-state index in [1.54, 1.807) is 0 Å². The van der Waals surface area contributed by atoms with Crippen molar-refractivity contribution in [2.24, 2.45) is 0 Å². The van der Waals surface area contributed by atoms with Crippen LogP contribution in [-0.4, -0.2) is 22.4 Å². The van der Waals surface area contributed by atoms with E-state index in [0.29, 0.717) is 6.20 Å². The normalized spacial score (nSPS) is 11.7. The second-order valence-corrected chi connectivity index (χ2v) is 3.42. The predicted molar refractivity (Wildman–Crippen MR) is 52.4 cm³/mol. The number of carboxylic acids is 1. The zero-order valence-electron chi connectivity index (χ0n) is 8.84. The molecule has 0 saturated heterocycles. The van der Waals surface area contributed by atoms with Crippen LogP contribution < -0.4 is 4.74 Å². The molecule has 0 saturated carbocycles. The van der Waals surface area contributed by atoms with Gasteiger partial charge < -0.3 is 9.84 Å². The lowest BCUT2D eigenvalue weighted by atomic mass is 10.1. The fourth-order valence-electron chi connectivity index (χ4n) is 1.25. The Morgan fingerprint density at radius 3 is 2.42 bits per heavy atom. The lowest BCUT2D eigenvalue weighted by molar-refractivity contribution is -0.275. The molecule has 0 amide bonds. The van der Waals surface area contributed by atoms with Crippen molar-refractivity contribution in [3.8, 4) is 5.75 Å². The van der Waals surface area contributed by atoms with Gasteiger partial charge >= 0.3 is 12.3 Å². The number of aromatic nitrogens is 1. The van der Waals surface area contributed by atoms with Crippen molar-refractivity contribution in [3.05, 3.63) is 23.0 Å². The van der Waals surface area contributed by atoms with Crippen molar-refractivity contribution in [2.45, 2.75) is 18.7 Å². The van der Waals surface area contributed by atoms with Crippen LogP contribution in [0.25, 0.3) is 0 Å². The first-order valence-electron chi connectivity index (χ1n) is 4.52. The van der Waals surface area contributed by atoms with E-state index in [-0.39, 0.29) is 0 Å². The lowest BCUT2D eigenvalue weighted by Gasteiger charge is -2.16. The molecule has 0 spiro atoms. The largest absolute Gasteiger partial charge is 0.573 e. The zero-order chi connectivity index (χ0) is 14.8. The molecule has 1 heterocycles. The van der Waals surface area contributed by atoms with Crippen LogP contribution in [0.5, 0.6) is 5.75 Å². The quantitative estimate of drug-likeness (QED) is 0.684. The highest BCUT2D eigenvalue weighted by Crippen LogP contribution is 2.36. The van der Waals surface area contributed by atoms with Gasteiger partial charge in [-0.05, 0) is 0 Å². The van der Waals surface area contributed by atoms with Crippen molar-refractivity contribution in [1.82, 2.24) is 4.98 Å². The number of halogens is 6. The maximum absolute atomic E-state index is 12.6. The summed E-state index contributed by atoms with van der Waals surface area (Å²) in [4.78, 5) is 14.2. The SMILES string of the molecule is O=C(O)c1c(CCl)ncc(C(F)F)c1OC(F)(F)F. The smallest absolute Gasteiger partial charge is 0.477 e. The highest BCUT2D eigenvalue weighted by Gasteiger charge is 2.37. The first-order chi connectivity index (χ1) is 8.67. The van der Waals surface area contributed by atoms with Gasteiger partial charge in [0.15, 0.2) is 5.75 Å².